The first-order chi connectivity index (χ1) is 9.99. The molecule has 1 aromatic heterocycles. The second-order valence-electron chi connectivity index (χ2n) is 5.29. The van der Waals surface area contributed by atoms with Crippen LogP contribution in [0, 0.1) is 6.92 Å². The van der Waals surface area contributed by atoms with Gasteiger partial charge in [0.1, 0.15) is 5.56 Å². The minimum atomic E-state index is -0.477. The molecule has 0 saturated carbocycles. The van der Waals surface area contributed by atoms with Crippen molar-refractivity contribution in [1.82, 2.24) is 15.5 Å². The van der Waals surface area contributed by atoms with Crippen molar-refractivity contribution < 1.29 is 4.79 Å². The summed E-state index contributed by atoms with van der Waals surface area (Å²) in [6, 6.07) is 9.45. The number of hydrogen-bond acceptors (Lipinski definition) is 3. The first kappa shape index (κ1) is 15.0. The molecule has 0 spiro atoms. The Hall–Kier alpha value is -2.43. The number of carbonyl (C=O) groups is 1. The number of benzene rings is 1. The van der Waals surface area contributed by atoms with Gasteiger partial charge in [0, 0.05) is 6.54 Å². The lowest BCUT2D eigenvalue weighted by Crippen LogP contribution is -2.30. The van der Waals surface area contributed by atoms with E-state index in [1.54, 1.807) is 6.92 Å². The average molecular weight is 285 g/mol. The van der Waals surface area contributed by atoms with Crippen molar-refractivity contribution >= 4 is 5.91 Å². The third-order valence-corrected chi connectivity index (χ3v) is 3.29. The molecule has 0 bridgehead atoms. The van der Waals surface area contributed by atoms with E-state index >= 15 is 0 Å². The van der Waals surface area contributed by atoms with Crippen LogP contribution in [0.5, 0.6) is 0 Å². The maximum absolute atomic E-state index is 12.1. The van der Waals surface area contributed by atoms with Gasteiger partial charge in [0.25, 0.3) is 11.5 Å². The molecule has 0 aliphatic carbocycles. The van der Waals surface area contributed by atoms with Crippen LogP contribution in [0.15, 0.2) is 35.1 Å². The van der Waals surface area contributed by atoms with Crippen LogP contribution in [0.1, 0.15) is 46.9 Å². The molecule has 0 fully saturated rings. The lowest BCUT2D eigenvalue weighted by Gasteiger charge is -2.13. The molecule has 110 valence electrons. The topological polar surface area (TPSA) is 74.8 Å². The average Bonchev–Trinajstić information content (AvgIpc) is 2.47. The number of aromatic nitrogens is 2. The number of aryl methyl sites for hydroxylation is 1. The van der Waals surface area contributed by atoms with E-state index in [2.05, 4.69) is 35.4 Å². The fraction of sp³-hybridized carbons (Fsp3) is 0.312. The molecule has 5 heteroatoms. The Balaban J connectivity index is 2.15. The summed E-state index contributed by atoms with van der Waals surface area (Å²) < 4.78 is 0. The van der Waals surface area contributed by atoms with Crippen molar-refractivity contribution in [2.45, 2.75) is 33.2 Å². The molecule has 0 saturated heterocycles. The van der Waals surface area contributed by atoms with Crippen LogP contribution in [0.4, 0.5) is 0 Å². The Morgan fingerprint density at radius 2 is 2.05 bits per heavy atom. The summed E-state index contributed by atoms with van der Waals surface area (Å²) in [5, 5.41) is 8.86. The number of nitrogens with one attached hydrogen (secondary N) is 2. The van der Waals surface area contributed by atoms with Crippen molar-refractivity contribution in [2.24, 2.45) is 0 Å². The molecule has 0 atom stereocenters. The van der Waals surface area contributed by atoms with Gasteiger partial charge in [-0.05, 0) is 30.0 Å². The van der Waals surface area contributed by atoms with Gasteiger partial charge >= 0.3 is 0 Å². The first-order valence-corrected chi connectivity index (χ1v) is 6.91. The number of amides is 1. The van der Waals surface area contributed by atoms with E-state index < -0.39 is 5.56 Å². The molecule has 0 unspecified atom stereocenters. The zero-order chi connectivity index (χ0) is 15.4. The van der Waals surface area contributed by atoms with E-state index in [-0.39, 0.29) is 11.5 Å². The molecule has 2 rings (SSSR count). The van der Waals surface area contributed by atoms with Crippen molar-refractivity contribution in [1.29, 1.82) is 0 Å². The summed E-state index contributed by atoms with van der Waals surface area (Å²) in [5.74, 6) is -0.00927. The normalized spacial score (nSPS) is 10.7. The molecule has 1 heterocycles. The Morgan fingerprint density at radius 1 is 1.33 bits per heavy atom. The lowest BCUT2D eigenvalue weighted by atomic mass is 9.97. The summed E-state index contributed by atoms with van der Waals surface area (Å²) in [6.07, 6.45) is 0. The van der Waals surface area contributed by atoms with Crippen molar-refractivity contribution in [2.75, 3.05) is 0 Å². The summed E-state index contributed by atoms with van der Waals surface area (Å²) in [5.41, 5.74) is 2.46. The summed E-state index contributed by atoms with van der Waals surface area (Å²) in [7, 11) is 0. The quantitative estimate of drug-likeness (QED) is 0.903. The maximum atomic E-state index is 12.1. The molecule has 21 heavy (non-hydrogen) atoms. The smallest absolute Gasteiger partial charge is 0.277 e. The highest BCUT2D eigenvalue weighted by atomic mass is 16.2. The Kier molecular flexibility index (Phi) is 4.52. The molecule has 1 amide bonds. The van der Waals surface area contributed by atoms with Gasteiger partial charge in [-0.15, -0.1) is 0 Å². The highest BCUT2D eigenvalue weighted by molar-refractivity contribution is 5.93. The molecule has 0 radical (unpaired) electrons. The van der Waals surface area contributed by atoms with Gasteiger partial charge in [-0.25, -0.2) is 5.10 Å². The molecule has 0 aliphatic rings. The van der Waals surface area contributed by atoms with Crippen LogP contribution in [0.2, 0.25) is 0 Å². The van der Waals surface area contributed by atoms with E-state index in [9.17, 15) is 9.59 Å². The summed E-state index contributed by atoms with van der Waals surface area (Å²) >= 11 is 0. The van der Waals surface area contributed by atoms with Crippen LogP contribution >= 0.6 is 0 Å². The van der Waals surface area contributed by atoms with Gasteiger partial charge < -0.3 is 5.32 Å². The zero-order valence-electron chi connectivity index (χ0n) is 12.4. The van der Waals surface area contributed by atoms with Crippen molar-refractivity contribution in [3.63, 3.8) is 0 Å². The molecule has 2 aromatic rings. The minimum absolute atomic E-state index is 0.0875. The van der Waals surface area contributed by atoms with Gasteiger partial charge in [-0.3, -0.25) is 9.59 Å². The Labute approximate surface area is 123 Å². The number of rotatable bonds is 4. The van der Waals surface area contributed by atoms with Crippen LogP contribution in [-0.2, 0) is 6.54 Å². The fourth-order valence-electron chi connectivity index (χ4n) is 2.20. The van der Waals surface area contributed by atoms with Crippen molar-refractivity contribution in [3.8, 4) is 0 Å². The van der Waals surface area contributed by atoms with E-state index in [0.717, 1.165) is 5.56 Å². The van der Waals surface area contributed by atoms with Crippen LogP contribution in [0.25, 0.3) is 0 Å². The van der Waals surface area contributed by atoms with Crippen molar-refractivity contribution in [3.05, 3.63) is 63.1 Å². The van der Waals surface area contributed by atoms with Gasteiger partial charge in [0.15, 0.2) is 0 Å². The van der Waals surface area contributed by atoms with Gasteiger partial charge in [-0.2, -0.15) is 5.10 Å². The fourth-order valence-corrected chi connectivity index (χ4v) is 2.20. The second kappa shape index (κ2) is 6.35. The first-order valence-electron chi connectivity index (χ1n) is 6.91. The third-order valence-electron chi connectivity index (χ3n) is 3.29. The van der Waals surface area contributed by atoms with Gasteiger partial charge in [0.2, 0.25) is 0 Å². The SMILES string of the molecule is Cc1cc(C(=O)NCc2ccccc2C(C)C)c(=O)[nH]n1. The monoisotopic (exact) mass is 285 g/mol. The molecule has 5 nitrogen and oxygen atoms in total. The minimum Gasteiger partial charge on any atom is -0.348 e. The molecule has 1 aromatic carbocycles. The second-order valence-corrected chi connectivity index (χ2v) is 5.29. The standard InChI is InChI=1S/C16H19N3O2/c1-10(2)13-7-5-4-6-12(13)9-17-15(20)14-8-11(3)18-19-16(14)21/h4-8,10H,9H2,1-3H3,(H,17,20)(H,19,21). The van der Waals surface area contributed by atoms with Crippen LogP contribution in [-0.4, -0.2) is 16.1 Å². The molecular weight excluding hydrogens is 266 g/mol. The van der Waals surface area contributed by atoms with Crippen LogP contribution in [0.3, 0.4) is 0 Å². The van der Waals surface area contributed by atoms with Crippen LogP contribution < -0.4 is 10.9 Å². The summed E-state index contributed by atoms with van der Waals surface area (Å²) in [4.78, 5) is 23.7. The highest BCUT2D eigenvalue weighted by Gasteiger charge is 2.12. The number of H-pyrrole nitrogens is 1. The number of carbonyl (C=O) groups excluding carboxylic acids is 1. The number of nitrogens with zero attached hydrogens (tertiary/aromatic N) is 1. The summed E-state index contributed by atoms with van der Waals surface area (Å²) in [6.45, 7) is 6.34. The predicted octanol–water partition coefficient (Wildman–Crippen LogP) is 2.13. The Bertz CT molecular complexity index is 705. The highest BCUT2D eigenvalue weighted by Crippen LogP contribution is 2.18. The third kappa shape index (κ3) is 3.56. The maximum Gasteiger partial charge on any atom is 0.277 e. The molecular formula is C16H19N3O2. The van der Waals surface area contributed by atoms with E-state index in [1.165, 1.54) is 11.6 Å². The number of hydrogen-bond donors (Lipinski definition) is 2. The predicted molar refractivity (Wildman–Crippen MR) is 81.3 cm³/mol. The Morgan fingerprint density at radius 3 is 2.76 bits per heavy atom. The van der Waals surface area contributed by atoms with Gasteiger partial charge in [0.05, 0.1) is 5.69 Å². The van der Waals surface area contributed by atoms with Gasteiger partial charge in [-0.1, -0.05) is 38.1 Å². The number of aromatic amines is 1. The van der Waals surface area contributed by atoms with E-state index in [1.807, 2.05) is 18.2 Å². The van der Waals surface area contributed by atoms with E-state index in [4.69, 9.17) is 0 Å². The van der Waals surface area contributed by atoms with E-state index in [0.29, 0.717) is 18.2 Å². The lowest BCUT2D eigenvalue weighted by molar-refractivity contribution is 0.0949. The largest absolute Gasteiger partial charge is 0.348 e. The zero-order valence-corrected chi connectivity index (χ0v) is 12.4. The molecule has 2 N–H and O–H groups in total. The molecule has 0 aliphatic heterocycles.